The van der Waals surface area contributed by atoms with Crippen molar-refractivity contribution in [3.63, 3.8) is 0 Å². The van der Waals surface area contributed by atoms with Crippen molar-refractivity contribution in [1.29, 1.82) is 0 Å². The highest BCUT2D eigenvalue weighted by atomic mass is 35.5. The summed E-state index contributed by atoms with van der Waals surface area (Å²) in [5, 5.41) is 22.3. The normalized spacial score (nSPS) is 31.4. The molecule has 0 spiro atoms. The van der Waals surface area contributed by atoms with Crippen molar-refractivity contribution >= 4 is 11.6 Å². The molecule has 1 atom stereocenters. The summed E-state index contributed by atoms with van der Waals surface area (Å²) >= 11 is 5.80. The van der Waals surface area contributed by atoms with Crippen molar-refractivity contribution in [2.75, 3.05) is 39.5 Å². The van der Waals surface area contributed by atoms with Gasteiger partial charge in [0, 0.05) is 25.7 Å². The zero-order chi connectivity index (χ0) is 22.0. The van der Waals surface area contributed by atoms with E-state index in [0.717, 1.165) is 25.7 Å². The maximum absolute atomic E-state index is 13.3. The van der Waals surface area contributed by atoms with E-state index >= 15 is 0 Å². The molecule has 2 fully saturated rings. The van der Waals surface area contributed by atoms with Crippen LogP contribution in [0, 0.1) is 17.2 Å². The second-order valence-electron chi connectivity index (χ2n) is 10.2. The molecule has 0 unspecified atom stereocenters. The monoisotopic (exact) mass is 443 g/mol. The van der Waals surface area contributed by atoms with Gasteiger partial charge in [-0.15, -0.1) is 0 Å². The van der Waals surface area contributed by atoms with Crippen LogP contribution in [-0.2, 0) is 4.74 Å². The molecule has 7 heteroatoms. The van der Waals surface area contributed by atoms with E-state index in [1.807, 2.05) is 0 Å². The minimum Gasteiger partial charge on any atom is -0.490 e. The van der Waals surface area contributed by atoms with Gasteiger partial charge in [-0.3, -0.25) is 4.90 Å². The molecule has 1 aliphatic heterocycles. The number of benzene rings is 1. The highest BCUT2D eigenvalue weighted by Crippen LogP contribution is 2.41. The van der Waals surface area contributed by atoms with Crippen molar-refractivity contribution in [2.45, 2.75) is 57.7 Å². The van der Waals surface area contributed by atoms with Gasteiger partial charge in [0.1, 0.15) is 23.8 Å². The number of hydrogen-bond acceptors (Lipinski definition) is 5. The Morgan fingerprint density at radius 2 is 1.93 bits per heavy atom. The number of aliphatic hydroxyl groups is 2. The van der Waals surface area contributed by atoms with E-state index in [4.69, 9.17) is 21.1 Å². The van der Waals surface area contributed by atoms with Crippen LogP contribution in [0.5, 0.6) is 5.75 Å². The molecule has 1 aromatic carbocycles. The SMILES string of the molecule is CC(C)(C)C1CCC(O)(CN2CCOC[C@](O)(COc3ccc(F)c(Cl)c3)C2)CC1. The lowest BCUT2D eigenvalue weighted by atomic mass is 9.68. The molecule has 1 saturated carbocycles. The standard InChI is InChI=1S/C23H35ClFNO4/c1-21(2,3)17-6-8-22(27,9-7-17)13-26-10-11-29-15-23(28,14-26)16-30-18-4-5-20(25)19(24)12-18/h4-5,12,17,27-28H,6-11,13-16H2,1-3H3/t17?,22?,23-/m0/s1. The first-order valence-corrected chi connectivity index (χ1v) is 11.2. The molecular formula is C23H35ClFNO4. The number of β-amino-alcohol motifs (C(OH)–C–C–N with tert-alkyl or cyclic N) is 2. The van der Waals surface area contributed by atoms with Gasteiger partial charge >= 0.3 is 0 Å². The number of rotatable bonds is 5. The molecule has 0 radical (unpaired) electrons. The Bertz CT molecular complexity index is 718. The van der Waals surface area contributed by atoms with Crippen molar-refractivity contribution in [3.05, 3.63) is 29.0 Å². The summed E-state index contributed by atoms with van der Waals surface area (Å²) in [4.78, 5) is 2.07. The first-order chi connectivity index (χ1) is 14.0. The van der Waals surface area contributed by atoms with Crippen LogP contribution < -0.4 is 4.74 Å². The predicted octanol–water partition coefficient (Wildman–Crippen LogP) is 3.89. The van der Waals surface area contributed by atoms with Crippen molar-refractivity contribution in [3.8, 4) is 5.75 Å². The number of nitrogens with zero attached hydrogens (tertiary/aromatic N) is 1. The molecular weight excluding hydrogens is 409 g/mol. The van der Waals surface area contributed by atoms with Crippen LogP contribution in [0.25, 0.3) is 0 Å². The molecule has 2 aliphatic rings. The Labute approximate surface area is 184 Å². The van der Waals surface area contributed by atoms with Crippen LogP contribution >= 0.6 is 11.6 Å². The Kier molecular flexibility index (Phi) is 7.35. The Morgan fingerprint density at radius 1 is 1.23 bits per heavy atom. The number of halogens is 2. The smallest absolute Gasteiger partial charge is 0.142 e. The highest BCUT2D eigenvalue weighted by Gasteiger charge is 2.41. The molecule has 0 bridgehead atoms. The van der Waals surface area contributed by atoms with E-state index in [1.165, 1.54) is 18.2 Å². The summed E-state index contributed by atoms with van der Waals surface area (Å²) in [6.07, 6.45) is 3.58. The lowest BCUT2D eigenvalue weighted by molar-refractivity contribution is -0.0807. The summed E-state index contributed by atoms with van der Waals surface area (Å²) in [5.41, 5.74) is -1.70. The molecule has 0 amide bonds. The highest BCUT2D eigenvalue weighted by molar-refractivity contribution is 6.30. The summed E-state index contributed by atoms with van der Waals surface area (Å²) in [6.45, 7) is 8.93. The molecule has 2 N–H and O–H groups in total. The van der Waals surface area contributed by atoms with E-state index in [2.05, 4.69) is 25.7 Å². The average molecular weight is 444 g/mol. The van der Waals surface area contributed by atoms with Gasteiger partial charge < -0.3 is 19.7 Å². The van der Waals surface area contributed by atoms with Gasteiger partial charge in [0.25, 0.3) is 0 Å². The fraction of sp³-hybridized carbons (Fsp3) is 0.739. The van der Waals surface area contributed by atoms with Crippen LogP contribution in [-0.4, -0.2) is 65.8 Å². The molecule has 30 heavy (non-hydrogen) atoms. The molecule has 1 aromatic rings. The van der Waals surface area contributed by atoms with Gasteiger partial charge in [-0.25, -0.2) is 4.39 Å². The minimum atomic E-state index is -1.23. The predicted molar refractivity (Wildman–Crippen MR) is 115 cm³/mol. The first kappa shape index (κ1) is 23.7. The van der Waals surface area contributed by atoms with Crippen LogP contribution in [0.4, 0.5) is 4.39 Å². The topological polar surface area (TPSA) is 62.2 Å². The number of hydrogen-bond donors (Lipinski definition) is 2. The lowest BCUT2D eigenvalue weighted by Gasteiger charge is -2.43. The third-order valence-corrected chi connectivity index (χ3v) is 6.79. The fourth-order valence-corrected chi connectivity index (χ4v) is 4.77. The molecule has 1 saturated heterocycles. The summed E-state index contributed by atoms with van der Waals surface area (Å²) in [5.74, 6) is 0.504. The third-order valence-electron chi connectivity index (χ3n) is 6.50. The van der Waals surface area contributed by atoms with Gasteiger partial charge in [0.2, 0.25) is 0 Å². The van der Waals surface area contributed by atoms with Crippen LogP contribution in [0.1, 0.15) is 46.5 Å². The van der Waals surface area contributed by atoms with Gasteiger partial charge in [-0.05, 0) is 49.1 Å². The Balaban J connectivity index is 1.58. The molecule has 0 aromatic heterocycles. The number of ether oxygens (including phenoxy) is 2. The van der Waals surface area contributed by atoms with E-state index in [0.29, 0.717) is 37.9 Å². The van der Waals surface area contributed by atoms with Gasteiger partial charge in [0.15, 0.2) is 0 Å². The van der Waals surface area contributed by atoms with Crippen LogP contribution in [0.2, 0.25) is 5.02 Å². The average Bonchev–Trinajstić information content (AvgIpc) is 2.83. The Hall–Kier alpha value is -0.920. The van der Waals surface area contributed by atoms with E-state index in [9.17, 15) is 14.6 Å². The van der Waals surface area contributed by atoms with E-state index < -0.39 is 17.0 Å². The molecule has 170 valence electrons. The second-order valence-corrected chi connectivity index (χ2v) is 10.6. The zero-order valence-electron chi connectivity index (χ0n) is 18.3. The first-order valence-electron chi connectivity index (χ1n) is 10.8. The largest absolute Gasteiger partial charge is 0.490 e. The zero-order valence-corrected chi connectivity index (χ0v) is 19.1. The molecule has 1 aliphatic carbocycles. The van der Waals surface area contributed by atoms with Crippen LogP contribution in [0.15, 0.2) is 18.2 Å². The summed E-state index contributed by atoms with van der Waals surface area (Å²) < 4.78 is 24.6. The minimum absolute atomic E-state index is 0.00398. The molecule has 1 heterocycles. The molecule has 3 rings (SSSR count). The van der Waals surface area contributed by atoms with Crippen molar-refractivity contribution < 1.29 is 24.1 Å². The van der Waals surface area contributed by atoms with Crippen molar-refractivity contribution in [1.82, 2.24) is 4.90 Å². The quantitative estimate of drug-likeness (QED) is 0.722. The second kappa shape index (κ2) is 9.29. The molecule has 5 nitrogen and oxygen atoms in total. The third kappa shape index (κ3) is 6.30. The van der Waals surface area contributed by atoms with Crippen molar-refractivity contribution in [2.24, 2.45) is 11.3 Å². The van der Waals surface area contributed by atoms with Crippen LogP contribution in [0.3, 0.4) is 0 Å². The summed E-state index contributed by atoms with van der Waals surface area (Å²) in [6, 6.07) is 4.11. The fourth-order valence-electron chi connectivity index (χ4n) is 4.60. The maximum Gasteiger partial charge on any atom is 0.142 e. The lowest BCUT2D eigenvalue weighted by Crippen LogP contribution is -2.53. The van der Waals surface area contributed by atoms with E-state index in [1.54, 1.807) is 0 Å². The van der Waals surface area contributed by atoms with E-state index in [-0.39, 0.29) is 23.7 Å². The Morgan fingerprint density at radius 3 is 2.57 bits per heavy atom. The van der Waals surface area contributed by atoms with Gasteiger partial charge in [-0.1, -0.05) is 32.4 Å². The van der Waals surface area contributed by atoms with Gasteiger partial charge in [-0.2, -0.15) is 0 Å². The maximum atomic E-state index is 13.3. The van der Waals surface area contributed by atoms with Gasteiger partial charge in [0.05, 0.1) is 23.8 Å². The summed E-state index contributed by atoms with van der Waals surface area (Å²) in [7, 11) is 0.